The molecule has 0 aliphatic carbocycles. The molecular formula is C44H28N4O+2. The molecule has 0 radical (unpaired) electrons. The van der Waals surface area contributed by atoms with Crippen LogP contribution in [0.3, 0.4) is 0 Å². The molecule has 5 nitrogen and oxygen atoms in total. The maximum absolute atomic E-state index is 7.09. The first-order valence-corrected chi connectivity index (χ1v) is 17.1. The van der Waals surface area contributed by atoms with E-state index >= 15 is 0 Å². The highest BCUT2D eigenvalue weighted by Gasteiger charge is 2.67. The Hall–Kier alpha value is -6.20. The van der Waals surface area contributed by atoms with Crippen LogP contribution in [-0.2, 0) is 11.1 Å². The summed E-state index contributed by atoms with van der Waals surface area (Å²) in [4.78, 5) is 2.59. The predicted octanol–water partition coefficient (Wildman–Crippen LogP) is 9.15. The van der Waals surface area contributed by atoms with Crippen LogP contribution in [-0.4, -0.2) is 4.57 Å². The Kier molecular flexibility index (Phi) is 3.93. The van der Waals surface area contributed by atoms with Gasteiger partial charge in [-0.15, -0.1) is 0 Å². The summed E-state index contributed by atoms with van der Waals surface area (Å²) in [5.41, 5.74) is 15.0. The number of hydrogen-bond acceptors (Lipinski definition) is 2. The lowest BCUT2D eigenvalue weighted by Crippen LogP contribution is -2.79. The molecule has 5 aromatic carbocycles. The fraction of sp³-hybridized carbons (Fsp3) is 0.0909. The maximum atomic E-state index is 7.09. The van der Waals surface area contributed by atoms with Crippen LogP contribution in [0.5, 0.6) is 11.5 Å². The van der Waals surface area contributed by atoms with Crippen molar-refractivity contribution in [1.29, 1.82) is 0 Å². The van der Waals surface area contributed by atoms with Crippen LogP contribution in [0.15, 0.2) is 134 Å². The van der Waals surface area contributed by atoms with Crippen LogP contribution in [0.25, 0.3) is 49.9 Å². The zero-order chi connectivity index (χ0) is 32.0. The highest BCUT2D eigenvalue weighted by Crippen LogP contribution is 2.65. The number of anilines is 3. The SMILES string of the molecule is CC1(C)c2cccc3c2N2c4c(ccc5c4C4(c6c(cccc6-n6c7ccccc7c7ccc[n+]4c76)O5)[n+]4cccc1c42)-c1ccccc1-3. The molecule has 1 atom stereocenters. The Bertz CT molecular complexity index is 2920. The van der Waals surface area contributed by atoms with Crippen LogP contribution in [0.1, 0.15) is 36.1 Å². The average Bonchev–Trinajstić information content (AvgIpc) is 3.41. The van der Waals surface area contributed by atoms with Crippen molar-refractivity contribution in [2.45, 2.75) is 24.9 Å². The van der Waals surface area contributed by atoms with E-state index in [2.05, 4.69) is 166 Å². The Morgan fingerprint density at radius 1 is 0.551 bits per heavy atom. The van der Waals surface area contributed by atoms with E-state index in [1.807, 2.05) is 0 Å². The zero-order valence-electron chi connectivity index (χ0n) is 26.9. The van der Waals surface area contributed by atoms with Gasteiger partial charge in [0.25, 0.3) is 11.5 Å². The van der Waals surface area contributed by atoms with E-state index in [1.54, 1.807) is 0 Å². The van der Waals surface area contributed by atoms with Gasteiger partial charge >= 0.3 is 5.66 Å². The van der Waals surface area contributed by atoms with Gasteiger partial charge in [0.2, 0.25) is 0 Å². The largest absolute Gasteiger partial charge is 0.456 e. The van der Waals surface area contributed by atoms with Gasteiger partial charge in [-0.25, -0.2) is 0 Å². The van der Waals surface area contributed by atoms with Gasteiger partial charge in [0.15, 0.2) is 5.69 Å². The minimum absolute atomic E-state index is 0.251. The van der Waals surface area contributed by atoms with Gasteiger partial charge in [-0.3, -0.25) is 0 Å². The van der Waals surface area contributed by atoms with Crippen LogP contribution in [0.2, 0.25) is 0 Å². The zero-order valence-corrected chi connectivity index (χ0v) is 26.9. The number of fused-ring (bicyclic) bond motifs is 7. The summed E-state index contributed by atoms with van der Waals surface area (Å²) in [6.07, 6.45) is 4.61. The maximum Gasteiger partial charge on any atom is 0.321 e. The van der Waals surface area contributed by atoms with Crippen molar-refractivity contribution in [3.8, 4) is 39.4 Å². The summed E-state index contributed by atoms with van der Waals surface area (Å²) >= 11 is 0. The molecule has 5 aliphatic rings. The third-order valence-electron chi connectivity index (χ3n) is 12.1. The molecule has 0 fully saturated rings. The molecule has 5 heteroatoms. The Labute approximate surface area is 282 Å². The number of pyridine rings is 2. The molecule has 49 heavy (non-hydrogen) atoms. The molecule has 0 bridgehead atoms. The molecule has 0 saturated heterocycles. The molecule has 8 aromatic rings. The predicted molar refractivity (Wildman–Crippen MR) is 191 cm³/mol. The molecule has 1 spiro atoms. The summed E-state index contributed by atoms with van der Waals surface area (Å²) in [6.45, 7) is 4.79. The van der Waals surface area contributed by atoms with E-state index in [4.69, 9.17) is 4.74 Å². The van der Waals surface area contributed by atoms with Crippen molar-refractivity contribution in [3.05, 3.63) is 156 Å². The van der Waals surface area contributed by atoms with E-state index < -0.39 is 5.66 Å². The number of para-hydroxylation sites is 2. The second-order valence-corrected chi connectivity index (χ2v) is 14.6. The topological polar surface area (TPSA) is 25.2 Å². The second kappa shape index (κ2) is 7.74. The van der Waals surface area contributed by atoms with Crippen molar-refractivity contribution in [3.63, 3.8) is 0 Å². The summed E-state index contributed by atoms with van der Waals surface area (Å²) in [5, 5.41) is 2.49. The molecule has 8 heterocycles. The molecule has 5 aliphatic heterocycles. The monoisotopic (exact) mass is 628 g/mol. The van der Waals surface area contributed by atoms with E-state index in [0.717, 1.165) is 22.7 Å². The minimum atomic E-state index is -0.765. The van der Waals surface area contributed by atoms with Gasteiger partial charge in [-0.2, -0.15) is 18.6 Å². The van der Waals surface area contributed by atoms with Gasteiger partial charge in [-0.05, 0) is 71.8 Å². The van der Waals surface area contributed by atoms with Gasteiger partial charge in [0.05, 0.1) is 23.3 Å². The van der Waals surface area contributed by atoms with Crippen LogP contribution in [0, 0.1) is 0 Å². The van der Waals surface area contributed by atoms with Gasteiger partial charge in [-0.1, -0.05) is 74.5 Å². The van der Waals surface area contributed by atoms with Crippen LogP contribution in [0.4, 0.5) is 17.2 Å². The molecule has 228 valence electrons. The molecule has 13 rings (SSSR count). The Balaban J connectivity index is 1.35. The third-order valence-corrected chi connectivity index (χ3v) is 12.1. The lowest BCUT2D eigenvalue weighted by molar-refractivity contribution is -0.959. The first-order valence-electron chi connectivity index (χ1n) is 17.1. The minimum Gasteiger partial charge on any atom is -0.456 e. The summed E-state index contributed by atoms with van der Waals surface area (Å²) in [7, 11) is 0. The molecule has 1 unspecified atom stereocenters. The third kappa shape index (κ3) is 2.44. The number of hydrogen-bond donors (Lipinski definition) is 0. The summed E-state index contributed by atoms with van der Waals surface area (Å²) in [6, 6.07) is 44.9. The van der Waals surface area contributed by atoms with Crippen LogP contribution >= 0.6 is 0 Å². The molecule has 3 aromatic heterocycles. The van der Waals surface area contributed by atoms with E-state index in [9.17, 15) is 0 Å². The summed E-state index contributed by atoms with van der Waals surface area (Å²) < 4.78 is 14.7. The lowest BCUT2D eigenvalue weighted by Gasteiger charge is -2.47. The van der Waals surface area contributed by atoms with Gasteiger partial charge in [0.1, 0.15) is 39.5 Å². The fourth-order valence-electron chi connectivity index (χ4n) is 10.3. The second-order valence-electron chi connectivity index (χ2n) is 14.6. The fourth-order valence-corrected chi connectivity index (χ4v) is 10.3. The number of rotatable bonds is 0. The standard InChI is InChI=1S/C44H28N4O/c1-43(2)31-16-7-14-28-25-11-3-4-12-26(25)29-21-22-36-38-40(29)48(39(28)31)42-32(43)17-10-24-46(42)44(38)37-34(19-8-20-35(37)49-36)47-33-18-6-5-13-27(33)30-15-9-23-45(44)41(30)47/h3-24H,1-2H3/q+2. The quantitative estimate of drug-likeness (QED) is 0.157. The van der Waals surface area contributed by atoms with Crippen molar-refractivity contribution >= 4 is 39.1 Å². The highest BCUT2D eigenvalue weighted by atomic mass is 16.5. The van der Waals surface area contributed by atoms with E-state index in [1.165, 1.54) is 78.1 Å². The first kappa shape index (κ1) is 24.9. The lowest BCUT2D eigenvalue weighted by atomic mass is 9.71. The number of ether oxygens (including phenoxy) is 1. The first-order chi connectivity index (χ1) is 24.1. The van der Waals surface area contributed by atoms with Gasteiger partial charge < -0.3 is 4.74 Å². The van der Waals surface area contributed by atoms with Crippen molar-refractivity contribution in [1.82, 2.24) is 4.57 Å². The Morgan fingerprint density at radius 2 is 1.24 bits per heavy atom. The van der Waals surface area contributed by atoms with E-state index in [0.29, 0.717) is 0 Å². The molecule has 0 saturated carbocycles. The van der Waals surface area contributed by atoms with Crippen molar-refractivity contribution in [2.24, 2.45) is 0 Å². The van der Waals surface area contributed by atoms with Crippen molar-refractivity contribution in [2.75, 3.05) is 4.90 Å². The van der Waals surface area contributed by atoms with E-state index in [-0.39, 0.29) is 5.41 Å². The highest BCUT2D eigenvalue weighted by molar-refractivity contribution is 6.09. The molecule has 0 N–H and O–H groups in total. The smallest absolute Gasteiger partial charge is 0.321 e. The van der Waals surface area contributed by atoms with Crippen molar-refractivity contribution < 1.29 is 13.9 Å². The average molecular weight is 629 g/mol. The van der Waals surface area contributed by atoms with Crippen LogP contribution < -0.4 is 18.8 Å². The van der Waals surface area contributed by atoms with Gasteiger partial charge in [0, 0.05) is 27.5 Å². The molecular weight excluding hydrogens is 601 g/mol. The number of benzene rings is 5. The number of aromatic nitrogens is 3. The normalized spacial score (nSPS) is 18.4. The Morgan fingerprint density at radius 3 is 2.14 bits per heavy atom. The molecule has 0 amide bonds. The number of nitrogens with zero attached hydrogens (tertiary/aromatic N) is 4. The summed E-state index contributed by atoms with van der Waals surface area (Å²) in [5.74, 6) is 2.99.